The Morgan fingerprint density at radius 1 is 1.07 bits per heavy atom. The maximum absolute atomic E-state index is 13.3. The molecule has 0 saturated carbocycles. The predicted molar refractivity (Wildman–Crippen MR) is 173 cm³/mol. The third-order valence-electron chi connectivity index (χ3n) is 6.45. The Morgan fingerprint density at radius 2 is 1.80 bits per heavy atom. The molecule has 2 amide bonds. The summed E-state index contributed by atoms with van der Waals surface area (Å²) in [5.41, 5.74) is 2.04. The number of allylic oxidation sites excluding steroid dienone is 1. The van der Waals surface area contributed by atoms with Gasteiger partial charge < -0.3 is 29.2 Å². The third kappa shape index (κ3) is 7.24. The average molecular weight is 633 g/mol. The van der Waals surface area contributed by atoms with Crippen molar-refractivity contribution in [3.63, 3.8) is 0 Å². The van der Waals surface area contributed by atoms with E-state index in [4.69, 9.17) is 30.5 Å². The van der Waals surface area contributed by atoms with Gasteiger partial charge in [0.25, 0.3) is 11.8 Å². The van der Waals surface area contributed by atoms with E-state index >= 15 is 0 Å². The van der Waals surface area contributed by atoms with Crippen LogP contribution in [0.5, 0.6) is 23.0 Å². The summed E-state index contributed by atoms with van der Waals surface area (Å²) < 4.78 is 24.0. The van der Waals surface area contributed by atoms with E-state index in [1.165, 1.54) is 22.9 Å². The van der Waals surface area contributed by atoms with Crippen molar-refractivity contribution in [3.05, 3.63) is 82.8 Å². The van der Waals surface area contributed by atoms with Gasteiger partial charge in [0.2, 0.25) is 0 Å². The number of nitrogens with one attached hydrogen (secondary N) is 1. The zero-order chi connectivity index (χ0) is 32.7. The third-order valence-corrected chi connectivity index (χ3v) is 6.78. The minimum atomic E-state index is -0.543. The van der Waals surface area contributed by atoms with Crippen LogP contribution in [0.1, 0.15) is 40.3 Å². The first-order chi connectivity index (χ1) is 21.6. The second-order valence-electron chi connectivity index (χ2n) is 9.55. The Labute approximate surface area is 265 Å². The lowest BCUT2D eigenvalue weighted by molar-refractivity contribution is 0.0827. The summed E-state index contributed by atoms with van der Waals surface area (Å²) >= 11 is 6.26. The molecule has 0 aliphatic rings. The van der Waals surface area contributed by atoms with Crippen LogP contribution in [0.3, 0.4) is 0 Å². The van der Waals surface area contributed by atoms with Gasteiger partial charge in [0.1, 0.15) is 17.3 Å². The Kier molecular flexibility index (Phi) is 10.4. The molecule has 45 heavy (non-hydrogen) atoms. The second-order valence-corrected chi connectivity index (χ2v) is 9.96. The molecule has 0 aliphatic carbocycles. The molecule has 0 unspecified atom stereocenters. The number of hydrogen-bond donors (Lipinski definition) is 1. The van der Waals surface area contributed by atoms with Gasteiger partial charge in [-0.25, -0.2) is 9.67 Å². The van der Waals surface area contributed by atoms with Crippen molar-refractivity contribution in [2.24, 2.45) is 4.99 Å². The van der Waals surface area contributed by atoms with E-state index in [0.717, 1.165) is 0 Å². The van der Waals surface area contributed by atoms with Crippen molar-refractivity contribution >= 4 is 47.4 Å². The van der Waals surface area contributed by atoms with Crippen LogP contribution in [0.25, 0.3) is 11.4 Å². The summed E-state index contributed by atoms with van der Waals surface area (Å²) in [5.74, 6) is 1.62. The Morgan fingerprint density at radius 3 is 2.40 bits per heavy atom. The Hall–Kier alpha value is -5.36. The molecular weight excluding hydrogens is 600 g/mol. The molecule has 1 N–H and O–H groups in total. The maximum atomic E-state index is 13.3. The highest BCUT2D eigenvalue weighted by molar-refractivity contribution is 6.33. The van der Waals surface area contributed by atoms with Gasteiger partial charge in [-0.2, -0.15) is 5.10 Å². The van der Waals surface area contributed by atoms with Crippen LogP contribution < -0.4 is 24.3 Å². The summed E-state index contributed by atoms with van der Waals surface area (Å²) in [6.07, 6.45) is 4.81. The lowest BCUT2D eigenvalue weighted by atomic mass is 10.1. The van der Waals surface area contributed by atoms with Gasteiger partial charge in [-0.05, 0) is 63.0 Å². The number of aromatic nitrogens is 3. The van der Waals surface area contributed by atoms with Crippen molar-refractivity contribution in [2.45, 2.75) is 13.8 Å². The van der Waals surface area contributed by atoms with E-state index in [9.17, 15) is 9.59 Å². The maximum Gasteiger partial charge on any atom is 0.281 e. The van der Waals surface area contributed by atoms with Gasteiger partial charge >= 0.3 is 0 Å². The van der Waals surface area contributed by atoms with Crippen LogP contribution in [-0.2, 0) is 0 Å². The number of nitrogens with zero attached hydrogens (tertiary/aromatic N) is 5. The number of anilines is 1. The largest absolute Gasteiger partial charge is 0.493 e. The molecule has 0 spiro atoms. The molecule has 0 aliphatic heterocycles. The Balaban J connectivity index is 1.54. The lowest BCUT2D eigenvalue weighted by Gasteiger charge is -2.15. The Bertz CT molecular complexity index is 1750. The van der Waals surface area contributed by atoms with Crippen LogP contribution in [0.15, 0.2) is 65.9 Å². The molecule has 0 saturated heterocycles. The molecule has 4 rings (SSSR count). The molecule has 0 fully saturated rings. The topological polar surface area (TPSA) is 129 Å². The number of carbonyl (C=O) groups excluding carboxylic acids is 2. The molecule has 0 atom stereocenters. The zero-order valence-electron chi connectivity index (χ0n) is 25.8. The fourth-order valence-corrected chi connectivity index (χ4v) is 4.45. The summed E-state index contributed by atoms with van der Waals surface area (Å²) in [6, 6.07) is 11.6. The fourth-order valence-electron chi connectivity index (χ4n) is 4.25. The van der Waals surface area contributed by atoms with Crippen molar-refractivity contribution in [1.82, 2.24) is 19.7 Å². The number of pyridine rings is 1. The van der Waals surface area contributed by atoms with Crippen LogP contribution in [0.2, 0.25) is 5.02 Å². The van der Waals surface area contributed by atoms with Gasteiger partial charge in [-0.3, -0.25) is 14.6 Å². The number of ether oxygens (including phenoxy) is 4. The summed E-state index contributed by atoms with van der Waals surface area (Å²) in [7, 11) is 6.35. The lowest BCUT2D eigenvalue weighted by Crippen LogP contribution is -2.22. The average Bonchev–Trinajstić information content (AvgIpc) is 3.47. The molecule has 2 aromatic carbocycles. The summed E-state index contributed by atoms with van der Waals surface area (Å²) in [4.78, 5) is 35.7. The number of benzene rings is 2. The van der Waals surface area contributed by atoms with Gasteiger partial charge in [-0.15, -0.1) is 0 Å². The van der Waals surface area contributed by atoms with E-state index in [-0.39, 0.29) is 23.2 Å². The monoisotopic (exact) mass is 632 g/mol. The first kappa shape index (κ1) is 32.6. The first-order valence-electron chi connectivity index (χ1n) is 13.7. The molecule has 12 nitrogen and oxygen atoms in total. The van der Waals surface area contributed by atoms with E-state index in [1.54, 1.807) is 82.9 Å². The predicted octanol–water partition coefficient (Wildman–Crippen LogP) is 6.06. The van der Waals surface area contributed by atoms with E-state index in [1.807, 2.05) is 6.92 Å². The highest BCUT2D eigenvalue weighted by Crippen LogP contribution is 2.38. The summed E-state index contributed by atoms with van der Waals surface area (Å²) in [5, 5.41) is 7.47. The van der Waals surface area contributed by atoms with Crippen molar-refractivity contribution in [2.75, 3.05) is 40.2 Å². The van der Waals surface area contributed by atoms with Crippen LogP contribution in [0.4, 0.5) is 11.5 Å². The molecule has 4 aromatic rings. The number of carbonyl (C=O) groups is 2. The second kappa shape index (κ2) is 14.4. The van der Waals surface area contributed by atoms with Crippen molar-refractivity contribution < 1.29 is 28.5 Å². The number of hydrogen-bond acceptors (Lipinski definition) is 9. The highest BCUT2D eigenvalue weighted by Gasteiger charge is 2.21. The number of halogens is 1. The van der Waals surface area contributed by atoms with Gasteiger partial charge in [0.05, 0.1) is 55.2 Å². The fraction of sp³-hybridized carbons (Fsp3) is 0.219. The number of methoxy groups -OCH3 is 2. The summed E-state index contributed by atoms with van der Waals surface area (Å²) in [6.45, 7) is 7.57. The molecule has 2 aromatic heterocycles. The molecular formula is C32H33ClN6O6. The first-order valence-corrected chi connectivity index (χ1v) is 14.1. The van der Waals surface area contributed by atoms with Crippen LogP contribution in [-0.4, -0.2) is 73.1 Å². The smallest absolute Gasteiger partial charge is 0.281 e. The van der Waals surface area contributed by atoms with E-state index < -0.39 is 5.91 Å². The normalized spacial score (nSPS) is 11.0. The quantitative estimate of drug-likeness (QED) is 0.147. The number of rotatable bonds is 12. The van der Waals surface area contributed by atoms with Gasteiger partial charge in [-0.1, -0.05) is 11.6 Å². The highest BCUT2D eigenvalue weighted by atomic mass is 35.5. The number of aliphatic imine (C=N–C) groups is 1. The molecule has 0 radical (unpaired) electrons. The molecule has 0 bridgehead atoms. The minimum absolute atomic E-state index is 0.0310. The minimum Gasteiger partial charge on any atom is -0.493 e. The van der Waals surface area contributed by atoms with Gasteiger partial charge in [0.15, 0.2) is 22.9 Å². The van der Waals surface area contributed by atoms with Crippen LogP contribution in [0, 0.1) is 0 Å². The van der Waals surface area contributed by atoms with E-state index in [2.05, 4.69) is 27.1 Å². The standard InChI is InChI=1S/C32H33ClN6O6/c1-8-25(22-15-26(42-6)27(43-7)16-24(22)34-3)45-20-11-13-29(35-17-20)36-31(40)30-28(44-9-2)18-39(37-30)19-10-12-23(33)21(14-19)32(41)38(4)5/h8,10-18H,3,9H2,1-2,4-7H3,(H,35,36,40)/b25-8+. The zero-order valence-corrected chi connectivity index (χ0v) is 26.5. The van der Waals surface area contributed by atoms with Gasteiger partial charge in [0, 0.05) is 25.7 Å². The van der Waals surface area contributed by atoms with Crippen molar-refractivity contribution in [3.8, 4) is 28.7 Å². The van der Waals surface area contributed by atoms with E-state index in [0.29, 0.717) is 57.1 Å². The number of amides is 2. The molecule has 13 heteroatoms. The molecule has 2 heterocycles. The van der Waals surface area contributed by atoms with Crippen LogP contribution >= 0.6 is 11.6 Å². The SMILES string of the molecule is C=Nc1cc(OC)c(OC)cc1/C(=C\C)Oc1ccc(NC(=O)c2nn(-c3ccc(Cl)c(C(=O)N(C)C)c3)cc2OCC)nc1. The molecule has 234 valence electrons. The van der Waals surface area contributed by atoms with Crippen molar-refractivity contribution in [1.29, 1.82) is 0 Å².